The molecule has 27 heavy (non-hydrogen) atoms. The highest BCUT2D eigenvalue weighted by Crippen LogP contribution is 2.15. The van der Waals surface area contributed by atoms with Gasteiger partial charge in [-0.15, -0.1) is 0 Å². The van der Waals surface area contributed by atoms with E-state index in [1.165, 1.54) is 6.92 Å². The van der Waals surface area contributed by atoms with Crippen LogP contribution in [-0.2, 0) is 4.79 Å². The number of hydrogen-bond donors (Lipinski definition) is 1. The van der Waals surface area contributed by atoms with Gasteiger partial charge in [0.2, 0.25) is 0 Å². The van der Waals surface area contributed by atoms with Crippen LogP contribution in [0.5, 0.6) is 5.75 Å². The van der Waals surface area contributed by atoms with E-state index in [4.69, 9.17) is 4.74 Å². The van der Waals surface area contributed by atoms with Crippen LogP contribution < -0.4 is 10.1 Å². The van der Waals surface area contributed by atoms with Crippen molar-refractivity contribution in [3.63, 3.8) is 0 Å². The average Bonchev–Trinajstić information content (AvgIpc) is 2.68. The normalized spacial score (nSPS) is 10.2. The van der Waals surface area contributed by atoms with Crippen molar-refractivity contribution >= 4 is 23.3 Å². The monoisotopic (exact) mass is 368 g/mol. The van der Waals surface area contributed by atoms with Gasteiger partial charge in [0.25, 0.3) is 11.8 Å². The van der Waals surface area contributed by atoms with Crippen molar-refractivity contribution < 1.29 is 19.1 Å². The van der Waals surface area contributed by atoms with E-state index in [1.807, 2.05) is 13.8 Å². The molecule has 142 valence electrons. The van der Waals surface area contributed by atoms with Crippen molar-refractivity contribution in [2.24, 2.45) is 0 Å². The second kappa shape index (κ2) is 9.52. The number of nitrogens with one attached hydrogen (secondary N) is 1. The molecule has 0 aromatic heterocycles. The smallest absolute Gasteiger partial charge is 0.262 e. The lowest BCUT2D eigenvalue weighted by molar-refractivity contribution is -0.118. The highest BCUT2D eigenvalue weighted by molar-refractivity contribution is 5.96. The Balaban J connectivity index is 1.91. The maximum Gasteiger partial charge on any atom is 0.262 e. The van der Waals surface area contributed by atoms with Gasteiger partial charge in [-0.1, -0.05) is 12.1 Å². The predicted molar refractivity (Wildman–Crippen MR) is 104 cm³/mol. The van der Waals surface area contributed by atoms with Gasteiger partial charge in [-0.05, 0) is 57.2 Å². The van der Waals surface area contributed by atoms with Gasteiger partial charge >= 0.3 is 0 Å². The number of rotatable bonds is 8. The molecule has 6 heteroatoms. The van der Waals surface area contributed by atoms with E-state index in [1.54, 1.807) is 53.4 Å². The third-order valence-electron chi connectivity index (χ3n) is 4.08. The Bertz CT molecular complexity index is 811. The number of amides is 2. The Morgan fingerprint density at radius 1 is 0.963 bits per heavy atom. The fourth-order valence-electron chi connectivity index (χ4n) is 2.54. The van der Waals surface area contributed by atoms with Crippen molar-refractivity contribution in [1.82, 2.24) is 4.90 Å². The van der Waals surface area contributed by atoms with E-state index in [9.17, 15) is 14.4 Å². The van der Waals surface area contributed by atoms with Crippen LogP contribution >= 0.6 is 0 Å². The number of hydrogen-bond acceptors (Lipinski definition) is 4. The number of Topliss-reactive ketones (excluding diaryl/α,β-unsaturated/α-hetero) is 1. The van der Waals surface area contributed by atoms with Gasteiger partial charge in [0.15, 0.2) is 12.4 Å². The molecule has 0 aliphatic heterocycles. The fourth-order valence-corrected chi connectivity index (χ4v) is 2.54. The lowest BCUT2D eigenvalue weighted by Gasteiger charge is -2.18. The van der Waals surface area contributed by atoms with Gasteiger partial charge in [0, 0.05) is 29.9 Å². The molecular weight excluding hydrogens is 344 g/mol. The summed E-state index contributed by atoms with van der Waals surface area (Å²) in [6.07, 6.45) is 0. The second-order valence-electron chi connectivity index (χ2n) is 5.98. The molecule has 0 unspecified atom stereocenters. The molecule has 0 atom stereocenters. The minimum absolute atomic E-state index is 0.0356. The molecule has 0 bridgehead atoms. The molecule has 2 aromatic carbocycles. The van der Waals surface area contributed by atoms with Crippen LogP contribution in [0.1, 0.15) is 41.5 Å². The van der Waals surface area contributed by atoms with E-state index in [2.05, 4.69) is 5.32 Å². The molecule has 0 spiro atoms. The first-order valence-electron chi connectivity index (χ1n) is 8.87. The minimum Gasteiger partial charge on any atom is -0.484 e. The van der Waals surface area contributed by atoms with Gasteiger partial charge in [-0.2, -0.15) is 0 Å². The maximum absolute atomic E-state index is 12.3. The first-order valence-corrected chi connectivity index (χ1v) is 8.87. The number of benzene rings is 2. The zero-order chi connectivity index (χ0) is 19.8. The summed E-state index contributed by atoms with van der Waals surface area (Å²) in [5.41, 5.74) is 1.69. The zero-order valence-corrected chi connectivity index (χ0v) is 15.8. The van der Waals surface area contributed by atoms with Crippen LogP contribution in [0.25, 0.3) is 0 Å². The topological polar surface area (TPSA) is 75.7 Å². The molecule has 2 aromatic rings. The number of carbonyl (C=O) groups excluding carboxylic acids is 3. The molecule has 0 aliphatic carbocycles. The Labute approximate surface area is 159 Å². The molecule has 0 heterocycles. The molecule has 0 saturated heterocycles. The molecule has 0 aliphatic rings. The van der Waals surface area contributed by atoms with E-state index >= 15 is 0 Å². The summed E-state index contributed by atoms with van der Waals surface area (Å²) in [7, 11) is 0. The van der Waals surface area contributed by atoms with E-state index in [0.29, 0.717) is 35.7 Å². The summed E-state index contributed by atoms with van der Waals surface area (Å²) in [4.78, 5) is 37.4. The van der Waals surface area contributed by atoms with Gasteiger partial charge < -0.3 is 15.0 Å². The Morgan fingerprint density at radius 3 is 2.22 bits per heavy atom. The molecule has 0 fully saturated rings. The van der Waals surface area contributed by atoms with Crippen molar-refractivity contribution in [2.45, 2.75) is 20.8 Å². The number of ether oxygens (including phenoxy) is 1. The van der Waals surface area contributed by atoms with Gasteiger partial charge in [0.05, 0.1) is 0 Å². The van der Waals surface area contributed by atoms with Crippen LogP contribution in [0, 0.1) is 0 Å². The van der Waals surface area contributed by atoms with Crippen molar-refractivity contribution in [1.29, 1.82) is 0 Å². The van der Waals surface area contributed by atoms with Gasteiger partial charge in [-0.25, -0.2) is 0 Å². The molecule has 1 N–H and O–H groups in total. The molecule has 0 saturated carbocycles. The first-order chi connectivity index (χ1) is 12.9. The van der Waals surface area contributed by atoms with E-state index < -0.39 is 0 Å². The van der Waals surface area contributed by atoms with Crippen molar-refractivity contribution in [3.05, 3.63) is 59.7 Å². The summed E-state index contributed by atoms with van der Waals surface area (Å²) >= 11 is 0. The van der Waals surface area contributed by atoms with Crippen LogP contribution in [0.2, 0.25) is 0 Å². The number of ketones is 1. The van der Waals surface area contributed by atoms with Crippen LogP contribution in [0.15, 0.2) is 48.5 Å². The SMILES string of the molecule is CCN(CC)C(=O)c1ccc(NC(=O)COc2cccc(C(C)=O)c2)cc1. The van der Waals surface area contributed by atoms with E-state index in [-0.39, 0.29) is 24.2 Å². The summed E-state index contributed by atoms with van der Waals surface area (Å²) < 4.78 is 5.43. The predicted octanol–water partition coefficient (Wildman–Crippen LogP) is 3.39. The molecule has 2 amide bonds. The lowest BCUT2D eigenvalue weighted by atomic mass is 10.1. The van der Waals surface area contributed by atoms with Crippen molar-refractivity contribution in [2.75, 3.05) is 25.0 Å². The average molecular weight is 368 g/mol. The summed E-state index contributed by atoms with van der Waals surface area (Å²) in [5, 5.41) is 2.72. The summed E-state index contributed by atoms with van der Waals surface area (Å²) in [6, 6.07) is 13.4. The molecule has 6 nitrogen and oxygen atoms in total. The minimum atomic E-state index is -0.328. The quantitative estimate of drug-likeness (QED) is 0.725. The second-order valence-corrected chi connectivity index (χ2v) is 5.98. The highest BCUT2D eigenvalue weighted by atomic mass is 16.5. The first kappa shape index (κ1) is 20.2. The van der Waals surface area contributed by atoms with E-state index in [0.717, 1.165) is 0 Å². The summed E-state index contributed by atoms with van der Waals surface area (Å²) in [5.74, 6) is 0.0277. The van der Waals surface area contributed by atoms with Crippen LogP contribution in [0.4, 0.5) is 5.69 Å². The third kappa shape index (κ3) is 5.67. The Morgan fingerprint density at radius 2 is 1.63 bits per heavy atom. The standard InChI is InChI=1S/C21H24N2O4/c1-4-23(5-2)21(26)16-9-11-18(12-10-16)22-20(25)14-27-19-8-6-7-17(13-19)15(3)24/h6-13H,4-5,14H2,1-3H3,(H,22,25). The summed E-state index contributed by atoms with van der Waals surface area (Å²) in [6.45, 7) is 6.46. The van der Waals surface area contributed by atoms with Crippen LogP contribution in [0.3, 0.4) is 0 Å². The number of carbonyl (C=O) groups is 3. The third-order valence-corrected chi connectivity index (χ3v) is 4.08. The fraction of sp³-hybridized carbons (Fsp3) is 0.286. The lowest BCUT2D eigenvalue weighted by Crippen LogP contribution is -2.30. The van der Waals surface area contributed by atoms with Crippen molar-refractivity contribution in [3.8, 4) is 5.75 Å². The molecular formula is C21H24N2O4. The number of nitrogens with zero attached hydrogens (tertiary/aromatic N) is 1. The van der Waals surface area contributed by atoms with Crippen LogP contribution in [-0.4, -0.2) is 42.2 Å². The maximum atomic E-state index is 12.3. The molecule has 0 radical (unpaired) electrons. The largest absolute Gasteiger partial charge is 0.484 e. The van der Waals surface area contributed by atoms with Gasteiger partial charge in [-0.3, -0.25) is 14.4 Å². The Hall–Kier alpha value is -3.15. The highest BCUT2D eigenvalue weighted by Gasteiger charge is 2.12. The number of anilines is 1. The Kier molecular flexibility index (Phi) is 7.11. The zero-order valence-electron chi connectivity index (χ0n) is 15.8. The molecule has 2 rings (SSSR count). The van der Waals surface area contributed by atoms with Gasteiger partial charge in [0.1, 0.15) is 5.75 Å².